The molecule has 0 aliphatic rings. The van der Waals surface area contributed by atoms with Gasteiger partial charge >= 0.3 is 0 Å². The highest BCUT2D eigenvalue weighted by molar-refractivity contribution is 9.10. The monoisotopic (exact) mass is 390 g/mol. The number of benzene rings is 2. The molecule has 2 aromatic carbocycles. The number of carbonyl (C=O) groups is 1. The van der Waals surface area contributed by atoms with E-state index < -0.39 is 0 Å². The van der Waals surface area contributed by atoms with Gasteiger partial charge in [-0.2, -0.15) is 0 Å². The number of carbonyl (C=O) groups excluding carboxylic acids is 1. The Labute approximate surface area is 151 Å². The van der Waals surface area contributed by atoms with Crippen LogP contribution in [0.5, 0.6) is 5.75 Å². The van der Waals surface area contributed by atoms with Gasteiger partial charge < -0.3 is 15.4 Å². The summed E-state index contributed by atoms with van der Waals surface area (Å²) >= 11 is 3.46. The van der Waals surface area contributed by atoms with E-state index in [0.717, 1.165) is 22.3 Å². The average molecular weight is 391 g/mol. The molecule has 1 amide bonds. The molecule has 0 aliphatic carbocycles. The van der Waals surface area contributed by atoms with E-state index in [2.05, 4.69) is 26.6 Å². The van der Waals surface area contributed by atoms with E-state index in [1.54, 1.807) is 0 Å². The maximum absolute atomic E-state index is 12.1. The first-order valence-corrected chi connectivity index (χ1v) is 8.87. The SMILES string of the molecule is CCN[C@H](C)CNC(=O)c1ccc(COc2ccccc2Br)cc1. The zero-order valence-electron chi connectivity index (χ0n) is 14.0. The lowest BCUT2D eigenvalue weighted by Crippen LogP contribution is -2.38. The summed E-state index contributed by atoms with van der Waals surface area (Å²) in [7, 11) is 0. The van der Waals surface area contributed by atoms with Crippen LogP contribution in [-0.2, 0) is 6.61 Å². The Morgan fingerprint density at radius 1 is 1.17 bits per heavy atom. The van der Waals surface area contributed by atoms with Crippen molar-refractivity contribution in [1.82, 2.24) is 10.6 Å². The molecule has 1 atom stereocenters. The van der Waals surface area contributed by atoms with Gasteiger partial charge in [-0.1, -0.05) is 31.2 Å². The molecule has 0 bridgehead atoms. The van der Waals surface area contributed by atoms with E-state index in [4.69, 9.17) is 4.74 Å². The number of hydrogen-bond acceptors (Lipinski definition) is 3. The zero-order valence-corrected chi connectivity index (χ0v) is 15.6. The summed E-state index contributed by atoms with van der Waals surface area (Å²) in [5, 5.41) is 6.19. The first kappa shape index (κ1) is 18.5. The van der Waals surface area contributed by atoms with Gasteiger partial charge in [-0.25, -0.2) is 0 Å². The third-order valence-corrected chi connectivity index (χ3v) is 4.22. The Kier molecular flexibility index (Phi) is 7.28. The van der Waals surface area contributed by atoms with Gasteiger partial charge in [0.1, 0.15) is 12.4 Å². The van der Waals surface area contributed by atoms with Crippen LogP contribution < -0.4 is 15.4 Å². The van der Waals surface area contributed by atoms with Crippen LogP contribution in [0.4, 0.5) is 0 Å². The number of nitrogens with one attached hydrogen (secondary N) is 2. The Morgan fingerprint density at radius 3 is 2.54 bits per heavy atom. The minimum Gasteiger partial charge on any atom is -0.488 e. The molecule has 0 aromatic heterocycles. The molecule has 0 fully saturated rings. The normalized spacial score (nSPS) is 11.8. The molecule has 2 N–H and O–H groups in total. The molecule has 2 rings (SSSR count). The van der Waals surface area contributed by atoms with Crippen LogP contribution in [0.1, 0.15) is 29.8 Å². The first-order chi connectivity index (χ1) is 11.6. The van der Waals surface area contributed by atoms with Crippen LogP contribution in [0.2, 0.25) is 0 Å². The van der Waals surface area contributed by atoms with Gasteiger partial charge in [-0.15, -0.1) is 0 Å². The molecule has 24 heavy (non-hydrogen) atoms. The Hall–Kier alpha value is -1.85. The molecule has 0 radical (unpaired) electrons. The van der Waals surface area contributed by atoms with Gasteiger partial charge in [-0.3, -0.25) is 4.79 Å². The van der Waals surface area contributed by atoms with Gasteiger partial charge in [-0.05, 0) is 59.2 Å². The molecule has 4 nitrogen and oxygen atoms in total. The summed E-state index contributed by atoms with van der Waals surface area (Å²) in [4.78, 5) is 12.1. The van der Waals surface area contributed by atoms with Crippen molar-refractivity contribution in [2.75, 3.05) is 13.1 Å². The second kappa shape index (κ2) is 9.45. The number of amides is 1. The minimum atomic E-state index is -0.0574. The highest BCUT2D eigenvalue weighted by Crippen LogP contribution is 2.24. The van der Waals surface area contributed by atoms with Crippen molar-refractivity contribution in [3.05, 3.63) is 64.1 Å². The maximum atomic E-state index is 12.1. The van der Waals surface area contributed by atoms with Crippen LogP contribution in [0.15, 0.2) is 53.0 Å². The van der Waals surface area contributed by atoms with E-state index in [1.807, 2.05) is 62.4 Å². The quantitative estimate of drug-likeness (QED) is 0.721. The Morgan fingerprint density at radius 2 is 1.88 bits per heavy atom. The summed E-state index contributed by atoms with van der Waals surface area (Å²) < 4.78 is 6.70. The molecule has 128 valence electrons. The Bertz CT molecular complexity index is 659. The highest BCUT2D eigenvalue weighted by atomic mass is 79.9. The molecular formula is C19H23BrN2O2. The number of ether oxygens (including phenoxy) is 1. The lowest BCUT2D eigenvalue weighted by atomic mass is 10.1. The fourth-order valence-electron chi connectivity index (χ4n) is 2.24. The standard InChI is InChI=1S/C19H23BrN2O2/c1-3-21-14(2)12-22-19(23)16-10-8-15(9-11-16)13-24-18-7-5-4-6-17(18)20/h4-11,14,21H,3,12-13H2,1-2H3,(H,22,23)/t14-/m1/s1. The number of likely N-dealkylation sites (N-methyl/N-ethyl adjacent to an activating group) is 1. The molecule has 0 saturated carbocycles. The molecule has 0 spiro atoms. The second-order valence-corrected chi connectivity index (χ2v) is 6.44. The number of halogens is 1. The van der Waals surface area contributed by atoms with Crippen LogP contribution in [0, 0.1) is 0 Å². The van der Waals surface area contributed by atoms with Crippen LogP contribution in [0.3, 0.4) is 0 Å². The lowest BCUT2D eigenvalue weighted by Gasteiger charge is -2.13. The molecule has 0 saturated heterocycles. The fourth-order valence-corrected chi connectivity index (χ4v) is 2.64. The second-order valence-electron chi connectivity index (χ2n) is 5.58. The van der Waals surface area contributed by atoms with Crippen LogP contribution in [0.25, 0.3) is 0 Å². The molecule has 0 heterocycles. The number of hydrogen-bond donors (Lipinski definition) is 2. The lowest BCUT2D eigenvalue weighted by molar-refractivity contribution is 0.0950. The number of para-hydroxylation sites is 1. The molecule has 5 heteroatoms. The van der Waals surface area contributed by atoms with Gasteiger partial charge in [0.2, 0.25) is 0 Å². The summed E-state index contributed by atoms with van der Waals surface area (Å²) in [6.07, 6.45) is 0. The molecule has 0 aliphatic heterocycles. The van der Waals surface area contributed by atoms with Crippen molar-refractivity contribution in [3.8, 4) is 5.75 Å². The summed E-state index contributed by atoms with van der Waals surface area (Å²) in [6.45, 7) is 6.06. The molecular weight excluding hydrogens is 368 g/mol. The minimum absolute atomic E-state index is 0.0574. The van der Waals surface area contributed by atoms with Crippen LogP contribution >= 0.6 is 15.9 Å². The topological polar surface area (TPSA) is 50.4 Å². The number of rotatable bonds is 8. The van der Waals surface area contributed by atoms with E-state index >= 15 is 0 Å². The van der Waals surface area contributed by atoms with E-state index in [0.29, 0.717) is 18.7 Å². The largest absolute Gasteiger partial charge is 0.488 e. The average Bonchev–Trinajstić information content (AvgIpc) is 2.60. The van der Waals surface area contributed by atoms with E-state index in [-0.39, 0.29) is 11.9 Å². The predicted molar refractivity (Wildman–Crippen MR) is 100 cm³/mol. The van der Waals surface area contributed by atoms with Crippen LogP contribution in [-0.4, -0.2) is 25.0 Å². The third kappa shape index (κ3) is 5.65. The maximum Gasteiger partial charge on any atom is 0.251 e. The fraction of sp³-hybridized carbons (Fsp3) is 0.316. The predicted octanol–water partition coefficient (Wildman–Crippen LogP) is 3.76. The van der Waals surface area contributed by atoms with Crippen molar-refractivity contribution in [3.63, 3.8) is 0 Å². The first-order valence-electron chi connectivity index (χ1n) is 8.08. The van der Waals surface area contributed by atoms with E-state index in [1.165, 1.54) is 0 Å². The van der Waals surface area contributed by atoms with Crippen molar-refractivity contribution in [1.29, 1.82) is 0 Å². The van der Waals surface area contributed by atoms with E-state index in [9.17, 15) is 4.79 Å². The van der Waals surface area contributed by atoms with Crippen molar-refractivity contribution >= 4 is 21.8 Å². The van der Waals surface area contributed by atoms with Crippen molar-refractivity contribution in [2.45, 2.75) is 26.5 Å². The van der Waals surface area contributed by atoms with Gasteiger partial charge in [0, 0.05) is 18.2 Å². The van der Waals surface area contributed by atoms with Gasteiger partial charge in [0.15, 0.2) is 0 Å². The third-order valence-electron chi connectivity index (χ3n) is 3.57. The van der Waals surface area contributed by atoms with Crippen molar-refractivity contribution in [2.24, 2.45) is 0 Å². The highest BCUT2D eigenvalue weighted by Gasteiger charge is 2.07. The molecule has 2 aromatic rings. The summed E-state index contributed by atoms with van der Waals surface area (Å²) in [5.74, 6) is 0.745. The van der Waals surface area contributed by atoms with Gasteiger partial charge in [0.05, 0.1) is 4.47 Å². The Balaban J connectivity index is 1.86. The molecule has 0 unspecified atom stereocenters. The summed E-state index contributed by atoms with van der Waals surface area (Å²) in [5.41, 5.74) is 1.67. The zero-order chi connectivity index (χ0) is 17.4. The van der Waals surface area contributed by atoms with Crippen molar-refractivity contribution < 1.29 is 9.53 Å². The smallest absolute Gasteiger partial charge is 0.251 e. The summed E-state index contributed by atoms with van der Waals surface area (Å²) in [6, 6.07) is 15.5. The van der Waals surface area contributed by atoms with Gasteiger partial charge in [0.25, 0.3) is 5.91 Å².